The predicted octanol–water partition coefficient (Wildman–Crippen LogP) is 2.31. The van der Waals surface area contributed by atoms with E-state index in [2.05, 4.69) is 5.32 Å². The molecule has 2 aromatic rings. The molecule has 106 valence electrons. The topological polar surface area (TPSA) is 45.5 Å². The van der Waals surface area contributed by atoms with Gasteiger partial charge in [0, 0.05) is 36.6 Å². The number of halogens is 1. The van der Waals surface area contributed by atoms with Gasteiger partial charge < -0.3 is 14.6 Å². The molecule has 0 radical (unpaired) electrons. The Morgan fingerprint density at radius 3 is 3.05 bits per heavy atom. The molecule has 1 fully saturated rings. The van der Waals surface area contributed by atoms with Crippen LogP contribution in [-0.2, 0) is 0 Å². The fourth-order valence-electron chi connectivity index (χ4n) is 2.67. The second-order valence-corrected chi connectivity index (χ2v) is 5.25. The second kappa shape index (κ2) is 4.90. The summed E-state index contributed by atoms with van der Waals surface area (Å²) in [5, 5.41) is 3.91. The number of piperazine rings is 1. The molecule has 5 heteroatoms. The number of hydrogen-bond acceptors (Lipinski definition) is 3. The highest BCUT2D eigenvalue weighted by atomic mass is 19.1. The summed E-state index contributed by atoms with van der Waals surface area (Å²) in [4.78, 5) is 14.4. The fourth-order valence-corrected chi connectivity index (χ4v) is 2.67. The number of aryl methyl sites for hydroxylation is 1. The van der Waals surface area contributed by atoms with E-state index in [1.807, 2.05) is 6.92 Å². The van der Waals surface area contributed by atoms with Crippen LogP contribution in [0, 0.1) is 12.7 Å². The van der Waals surface area contributed by atoms with Crippen molar-refractivity contribution in [1.82, 2.24) is 10.2 Å². The van der Waals surface area contributed by atoms with Gasteiger partial charge in [-0.15, -0.1) is 0 Å². The molecule has 4 nitrogen and oxygen atoms in total. The third-order valence-electron chi connectivity index (χ3n) is 3.85. The van der Waals surface area contributed by atoms with E-state index in [1.54, 1.807) is 17.9 Å². The summed E-state index contributed by atoms with van der Waals surface area (Å²) in [6, 6.07) is 4.44. The molecule has 1 atom stereocenters. The fraction of sp³-hybridized carbons (Fsp3) is 0.400. The van der Waals surface area contributed by atoms with Gasteiger partial charge in [0.05, 0.1) is 0 Å². The van der Waals surface area contributed by atoms with Crippen molar-refractivity contribution < 1.29 is 13.6 Å². The average Bonchev–Trinajstić information content (AvgIpc) is 2.76. The van der Waals surface area contributed by atoms with E-state index < -0.39 is 0 Å². The minimum Gasteiger partial charge on any atom is -0.451 e. The Morgan fingerprint density at radius 1 is 1.50 bits per heavy atom. The highest BCUT2D eigenvalue weighted by Gasteiger charge is 2.28. The van der Waals surface area contributed by atoms with Crippen LogP contribution in [0.4, 0.5) is 4.39 Å². The van der Waals surface area contributed by atoms with Gasteiger partial charge in [-0.25, -0.2) is 4.39 Å². The van der Waals surface area contributed by atoms with Crippen molar-refractivity contribution in [3.05, 3.63) is 35.3 Å². The van der Waals surface area contributed by atoms with E-state index in [-0.39, 0.29) is 17.8 Å². The van der Waals surface area contributed by atoms with Crippen LogP contribution < -0.4 is 5.32 Å². The summed E-state index contributed by atoms with van der Waals surface area (Å²) in [7, 11) is 0. The molecule has 1 aliphatic heterocycles. The van der Waals surface area contributed by atoms with Gasteiger partial charge in [-0.1, -0.05) is 0 Å². The smallest absolute Gasteiger partial charge is 0.290 e. The van der Waals surface area contributed by atoms with Crippen molar-refractivity contribution in [3.8, 4) is 0 Å². The third-order valence-corrected chi connectivity index (χ3v) is 3.85. The molecule has 1 aliphatic rings. The van der Waals surface area contributed by atoms with Gasteiger partial charge in [-0.2, -0.15) is 0 Å². The summed E-state index contributed by atoms with van der Waals surface area (Å²) in [5.74, 6) is -0.122. The number of carbonyl (C=O) groups excluding carboxylic acids is 1. The molecule has 1 saturated heterocycles. The highest BCUT2D eigenvalue weighted by Crippen LogP contribution is 2.27. The molecule has 0 spiro atoms. The lowest BCUT2D eigenvalue weighted by Gasteiger charge is -2.33. The standard InChI is InChI=1S/C15H17FN2O2/c1-9-8-17-5-6-18(9)15(19)14-10(2)12-7-11(16)3-4-13(12)20-14/h3-4,7,9,17H,5-6,8H2,1-2H3/t9-/m0/s1. The van der Waals surface area contributed by atoms with Crippen LogP contribution in [0.15, 0.2) is 22.6 Å². The van der Waals surface area contributed by atoms with Crippen molar-refractivity contribution >= 4 is 16.9 Å². The van der Waals surface area contributed by atoms with Crippen LogP contribution >= 0.6 is 0 Å². The van der Waals surface area contributed by atoms with E-state index >= 15 is 0 Å². The Kier molecular flexibility index (Phi) is 3.22. The number of benzene rings is 1. The quantitative estimate of drug-likeness (QED) is 0.869. The summed E-state index contributed by atoms with van der Waals surface area (Å²) in [6.07, 6.45) is 0. The van der Waals surface area contributed by atoms with Gasteiger partial charge in [-0.3, -0.25) is 4.79 Å². The molecule has 1 aromatic heterocycles. The van der Waals surface area contributed by atoms with Gasteiger partial charge in [0.25, 0.3) is 5.91 Å². The zero-order valence-electron chi connectivity index (χ0n) is 11.6. The van der Waals surface area contributed by atoms with Gasteiger partial charge in [0.2, 0.25) is 0 Å². The molecule has 0 aliphatic carbocycles. The molecule has 0 bridgehead atoms. The van der Waals surface area contributed by atoms with E-state index in [0.717, 1.165) is 13.1 Å². The molecular formula is C15H17FN2O2. The zero-order valence-corrected chi connectivity index (χ0v) is 11.6. The monoisotopic (exact) mass is 276 g/mol. The number of carbonyl (C=O) groups is 1. The lowest BCUT2D eigenvalue weighted by Crippen LogP contribution is -2.52. The van der Waals surface area contributed by atoms with Crippen molar-refractivity contribution in [1.29, 1.82) is 0 Å². The van der Waals surface area contributed by atoms with Crippen molar-refractivity contribution in [2.75, 3.05) is 19.6 Å². The molecule has 1 N–H and O–H groups in total. The van der Waals surface area contributed by atoms with Gasteiger partial charge in [0.15, 0.2) is 5.76 Å². The lowest BCUT2D eigenvalue weighted by atomic mass is 10.1. The minimum absolute atomic E-state index is 0.117. The van der Waals surface area contributed by atoms with Crippen LogP contribution in [0.5, 0.6) is 0 Å². The SMILES string of the molecule is Cc1c(C(=O)N2CCNC[C@@H]2C)oc2ccc(F)cc12. The van der Waals surface area contributed by atoms with Crippen molar-refractivity contribution in [2.24, 2.45) is 0 Å². The first-order valence-corrected chi connectivity index (χ1v) is 6.78. The number of furan rings is 1. The maximum absolute atomic E-state index is 13.3. The third kappa shape index (κ3) is 2.08. The van der Waals surface area contributed by atoms with Gasteiger partial charge in [0.1, 0.15) is 11.4 Å². The van der Waals surface area contributed by atoms with Crippen LogP contribution in [0.1, 0.15) is 23.0 Å². The number of nitrogens with one attached hydrogen (secondary N) is 1. The lowest BCUT2D eigenvalue weighted by molar-refractivity contribution is 0.0624. The predicted molar refractivity (Wildman–Crippen MR) is 74.3 cm³/mol. The maximum Gasteiger partial charge on any atom is 0.290 e. The van der Waals surface area contributed by atoms with Gasteiger partial charge in [-0.05, 0) is 32.0 Å². The van der Waals surface area contributed by atoms with Crippen molar-refractivity contribution in [3.63, 3.8) is 0 Å². The van der Waals surface area contributed by atoms with Crippen molar-refractivity contribution in [2.45, 2.75) is 19.9 Å². The number of nitrogens with zero attached hydrogens (tertiary/aromatic N) is 1. The molecule has 3 rings (SSSR count). The summed E-state index contributed by atoms with van der Waals surface area (Å²) in [5.41, 5.74) is 1.25. The van der Waals surface area contributed by atoms with E-state index in [4.69, 9.17) is 4.42 Å². The highest BCUT2D eigenvalue weighted by molar-refractivity contribution is 5.99. The molecule has 0 unspecified atom stereocenters. The number of rotatable bonds is 1. The maximum atomic E-state index is 13.3. The van der Waals surface area contributed by atoms with Gasteiger partial charge >= 0.3 is 0 Å². The summed E-state index contributed by atoms with van der Waals surface area (Å²) < 4.78 is 18.9. The van der Waals surface area contributed by atoms with Crippen LogP contribution in [0.3, 0.4) is 0 Å². The Morgan fingerprint density at radius 2 is 2.30 bits per heavy atom. The first-order chi connectivity index (χ1) is 9.58. The van der Waals surface area contributed by atoms with Crippen LogP contribution in [-0.4, -0.2) is 36.5 Å². The first kappa shape index (κ1) is 13.1. The first-order valence-electron chi connectivity index (χ1n) is 6.78. The minimum atomic E-state index is -0.323. The molecule has 20 heavy (non-hydrogen) atoms. The van der Waals surface area contributed by atoms with E-state index in [1.165, 1.54) is 12.1 Å². The second-order valence-electron chi connectivity index (χ2n) is 5.25. The number of amides is 1. The Labute approximate surface area is 116 Å². The van der Waals surface area contributed by atoms with E-state index in [0.29, 0.717) is 28.8 Å². The Bertz CT molecular complexity index is 665. The number of fused-ring (bicyclic) bond motifs is 1. The Balaban J connectivity index is 2.01. The summed E-state index contributed by atoms with van der Waals surface area (Å²) in [6.45, 7) is 6.02. The molecule has 2 heterocycles. The Hall–Kier alpha value is -1.88. The average molecular weight is 276 g/mol. The largest absolute Gasteiger partial charge is 0.451 e. The summed E-state index contributed by atoms with van der Waals surface area (Å²) >= 11 is 0. The molecule has 1 amide bonds. The zero-order chi connectivity index (χ0) is 14.3. The molecular weight excluding hydrogens is 259 g/mol. The normalized spacial score (nSPS) is 19.6. The number of hydrogen-bond donors (Lipinski definition) is 1. The molecule has 0 saturated carbocycles. The van der Waals surface area contributed by atoms with Crippen LogP contribution in [0.2, 0.25) is 0 Å². The van der Waals surface area contributed by atoms with Crippen LogP contribution in [0.25, 0.3) is 11.0 Å². The van der Waals surface area contributed by atoms with E-state index in [9.17, 15) is 9.18 Å². The molecule has 1 aromatic carbocycles.